The van der Waals surface area contributed by atoms with E-state index in [1.54, 1.807) is 6.20 Å². The molecule has 2 heterocycles. The van der Waals surface area contributed by atoms with Crippen LogP contribution in [0.25, 0.3) is 0 Å². The molecule has 0 amide bonds. The Morgan fingerprint density at radius 3 is 2.62 bits per heavy atom. The summed E-state index contributed by atoms with van der Waals surface area (Å²) in [6, 6.07) is 8.23. The first-order chi connectivity index (χ1) is 7.83. The van der Waals surface area contributed by atoms with Gasteiger partial charge in [-0.15, -0.1) is 0 Å². The SMILES string of the molecule is CNC(c1cccnc1)c1cccnc1C. The molecular formula is C13H15N3. The average Bonchev–Trinajstić information content (AvgIpc) is 2.34. The number of nitrogens with one attached hydrogen (secondary N) is 1. The van der Waals surface area contributed by atoms with E-state index in [9.17, 15) is 0 Å². The van der Waals surface area contributed by atoms with Crippen LogP contribution in [0.3, 0.4) is 0 Å². The largest absolute Gasteiger partial charge is 0.309 e. The van der Waals surface area contributed by atoms with Crippen LogP contribution in [0.5, 0.6) is 0 Å². The lowest BCUT2D eigenvalue weighted by Gasteiger charge is -2.18. The lowest BCUT2D eigenvalue weighted by molar-refractivity contribution is 0.680. The van der Waals surface area contributed by atoms with Gasteiger partial charge in [-0.1, -0.05) is 12.1 Å². The van der Waals surface area contributed by atoms with Gasteiger partial charge in [0.15, 0.2) is 0 Å². The highest BCUT2D eigenvalue weighted by Crippen LogP contribution is 2.22. The highest BCUT2D eigenvalue weighted by atomic mass is 14.9. The Balaban J connectivity index is 2.41. The molecule has 1 unspecified atom stereocenters. The average molecular weight is 213 g/mol. The van der Waals surface area contributed by atoms with Gasteiger partial charge in [0.2, 0.25) is 0 Å². The van der Waals surface area contributed by atoms with Gasteiger partial charge >= 0.3 is 0 Å². The molecule has 3 heteroatoms. The molecule has 0 spiro atoms. The maximum absolute atomic E-state index is 4.31. The minimum absolute atomic E-state index is 0.155. The van der Waals surface area contributed by atoms with E-state index in [0.717, 1.165) is 11.3 Å². The topological polar surface area (TPSA) is 37.8 Å². The Labute approximate surface area is 95.6 Å². The van der Waals surface area contributed by atoms with Crippen molar-refractivity contribution in [2.45, 2.75) is 13.0 Å². The van der Waals surface area contributed by atoms with E-state index < -0.39 is 0 Å². The van der Waals surface area contributed by atoms with Crippen LogP contribution in [0.2, 0.25) is 0 Å². The monoisotopic (exact) mass is 213 g/mol. The highest BCUT2D eigenvalue weighted by Gasteiger charge is 2.13. The van der Waals surface area contributed by atoms with E-state index in [1.807, 2.05) is 38.5 Å². The van der Waals surface area contributed by atoms with Crippen LogP contribution in [-0.4, -0.2) is 17.0 Å². The van der Waals surface area contributed by atoms with Crippen molar-refractivity contribution in [1.29, 1.82) is 0 Å². The maximum atomic E-state index is 4.31. The predicted octanol–water partition coefficient (Wildman–Crippen LogP) is 2.09. The predicted molar refractivity (Wildman–Crippen MR) is 64.1 cm³/mol. The van der Waals surface area contributed by atoms with Crippen molar-refractivity contribution in [3.05, 3.63) is 59.7 Å². The van der Waals surface area contributed by atoms with Gasteiger partial charge in [0.1, 0.15) is 0 Å². The molecule has 2 rings (SSSR count). The highest BCUT2D eigenvalue weighted by molar-refractivity contribution is 5.32. The normalized spacial score (nSPS) is 12.4. The van der Waals surface area contributed by atoms with Gasteiger partial charge in [0.25, 0.3) is 0 Å². The lowest BCUT2D eigenvalue weighted by Crippen LogP contribution is -2.19. The third-order valence-corrected chi connectivity index (χ3v) is 2.67. The number of aromatic nitrogens is 2. The third-order valence-electron chi connectivity index (χ3n) is 2.67. The standard InChI is InChI=1S/C13H15N3/c1-10-12(6-4-8-16-10)13(14-2)11-5-3-7-15-9-11/h3-9,13-14H,1-2H3. The van der Waals surface area contributed by atoms with Crippen LogP contribution in [0, 0.1) is 6.92 Å². The molecular weight excluding hydrogens is 198 g/mol. The zero-order valence-corrected chi connectivity index (χ0v) is 9.51. The van der Waals surface area contributed by atoms with Crippen molar-refractivity contribution < 1.29 is 0 Å². The van der Waals surface area contributed by atoms with Crippen molar-refractivity contribution in [3.63, 3.8) is 0 Å². The van der Waals surface area contributed by atoms with Crippen molar-refractivity contribution in [1.82, 2.24) is 15.3 Å². The van der Waals surface area contributed by atoms with Crippen molar-refractivity contribution in [2.24, 2.45) is 0 Å². The number of aryl methyl sites for hydroxylation is 1. The quantitative estimate of drug-likeness (QED) is 0.848. The van der Waals surface area contributed by atoms with Crippen LogP contribution in [-0.2, 0) is 0 Å². The van der Waals surface area contributed by atoms with E-state index in [4.69, 9.17) is 0 Å². The van der Waals surface area contributed by atoms with Crippen LogP contribution < -0.4 is 5.32 Å². The van der Waals surface area contributed by atoms with E-state index in [0.29, 0.717) is 0 Å². The first-order valence-corrected chi connectivity index (χ1v) is 5.31. The van der Waals surface area contributed by atoms with Gasteiger partial charge in [-0.2, -0.15) is 0 Å². The van der Waals surface area contributed by atoms with Crippen LogP contribution >= 0.6 is 0 Å². The Kier molecular flexibility index (Phi) is 3.27. The van der Waals surface area contributed by atoms with Gasteiger partial charge in [-0.25, -0.2) is 0 Å². The van der Waals surface area contributed by atoms with Crippen molar-refractivity contribution in [2.75, 3.05) is 7.05 Å². The Bertz CT molecular complexity index is 454. The molecule has 2 aromatic heterocycles. The molecule has 0 radical (unpaired) electrons. The maximum Gasteiger partial charge on any atom is 0.0607 e. The number of hydrogen-bond donors (Lipinski definition) is 1. The summed E-state index contributed by atoms with van der Waals surface area (Å²) in [5.74, 6) is 0. The fourth-order valence-electron chi connectivity index (χ4n) is 1.85. The minimum Gasteiger partial charge on any atom is -0.309 e. The number of rotatable bonds is 3. The third kappa shape index (κ3) is 2.09. The Hall–Kier alpha value is -1.74. The summed E-state index contributed by atoms with van der Waals surface area (Å²) in [5.41, 5.74) is 3.39. The fraction of sp³-hybridized carbons (Fsp3) is 0.231. The van der Waals surface area contributed by atoms with Gasteiger partial charge < -0.3 is 5.32 Å². The summed E-state index contributed by atoms with van der Waals surface area (Å²) in [4.78, 5) is 8.46. The minimum atomic E-state index is 0.155. The molecule has 0 bridgehead atoms. The Morgan fingerprint density at radius 2 is 2.00 bits per heavy atom. The summed E-state index contributed by atoms with van der Waals surface area (Å²) in [7, 11) is 1.95. The first kappa shape index (κ1) is 10.8. The molecule has 0 fully saturated rings. The second-order valence-electron chi connectivity index (χ2n) is 3.69. The zero-order valence-electron chi connectivity index (χ0n) is 9.51. The van der Waals surface area contributed by atoms with E-state index in [-0.39, 0.29) is 6.04 Å². The van der Waals surface area contributed by atoms with Crippen LogP contribution in [0.4, 0.5) is 0 Å². The summed E-state index contributed by atoms with van der Waals surface area (Å²) in [6.07, 6.45) is 5.48. The van der Waals surface area contributed by atoms with Gasteiger partial charge in [0.05, 0.1) is 6.04 Å². The molecule has 0 aliphatic rings. The molecule has 0 aliphatic heterocycles. The molecule has 0 saturated carbocycles. The van der Waals surface area contributed by atoms with Crippen LogP contribution in [0.1, 0.15) is 22.9 Å². The number of hydrogen-bond acceptors (Lipinski definition) is 3. The first-order valence-electron chi connectivity index (χ1n) is 5.31. The number of nitrogens with zero attached hydrogens (tertiary/aromatic N) is 2. The summed E-state index contributed by atoms with van der Waals surface area (Å²) in [6.45, 7) is 2.02. The van der Waals surface area contributed by atoms with E-state index in [1.165, 1.54) is 5.56 Å². The van der Waals surface area contributed by atoms with Crippen LogP contribution in [0.15, 0.2) is 42.9 Å². The molecule has 1 N–H and O–H groups in total. The van der Waals surface area contributed by atoms with E-state index >= 15 is 0 Å². The van der Waals surface area contributed by atoms with Crippen molar-refractivity contribution in [3.8, 4) is 0 Å². The summed E-state index contributed by atoms with van der Waals surface area (Å²) in [5, 5.41) is 3.30. The second-order valence-corrected chi connectivity index (χ2v) is 3.69. The summed E-state index contributed by atoms with van der Waals surface area (Å²) >= 11 is 0. The van der Waals surface area contributed by atoms with Gasteiger partial charge in [-0.05, 0) is 37.2 Å². The van der Waals surface area contributed by atoms with Gasteiger partial charge in [-0.3, -0.25) is 9.97 Å². The molecule has 2 aromatic rings. The molecule has 0 aromatic carbocycles. The van der Waals surface area contributed by atoms with Crippen molar-refractivity contribution >= 4 is 0 Å². The molecule has 16 heavy (non-hydrogen) atoms. The molecule has 82 valence electrons. The fourth-order valence-corrected chi connectivity index (χ4v) is 1.85. The summed E-state index contributed by atoms with van der Waals surface area (Å²) < 4.78 is 0. The zero-order chi connectivity index (χ0) is 11.4. The molecule has 1 atom stereocenters. The molecule has 0 saturated heterocycles. The second kappa shape index (κ2) is 4.86. The van der Waals surface area contributed by atoms with Gasteiger partial charge in [0, 0.05) is 24.3 Å². The molecule has 3 nitrogen and oxygen atoms in total. The molecule has 0 aliphatic carbocycles. The lowest BCUT2D eigenvalue weighted by atomic mass is 9.99. The smallest absolute Gasteiger partial charge is 0.0607 e. The van der Waals surface area contributed by atoms with E-state index in [2.05, 4.69) is 27.4 Å². The Morgan fingerprint density at radius 1 is 1.19 bits per heavy atom. The number of pyridine rings is 2.